The highest BCUT2D eigenvalue weighted by atomic mass is 35.5. The van der Waals surface area contributed by atoms with Crippen LogP contribution in [-0.4, -0.2) is 24.6 Å². The van der Waals surface area contributed by atoms with Crippen molar-refractivity contribution in [2.24, 2.45) is 0 Å². The van der Waals surface area contributed by atoms with E-state index in [1.165, 1.54) is 11.8 Å². The second kappa shape index (κ2) is 5.38. The number of pyridine rings is 1. The van der Waals surface area contributed by atoms with Crippen molar-refractivity contribution in [1.82, 2.24) is 24.6 Å². The standard InChI is InChI=1S/C13H12ClN5S/c1-3-9-15-11(14)8(2)12(16-9)20-13-18-17-10-6-4-5-7-19(10)13/h4-7H,3H2,1-2H3. The average molecular weight is 306 g/mol. The Morgan fingerprint density at radius 3 is 2.90 bits per heavy atom. The number of hydrogen-bond donors (Lipinski definition) is 0. The summed E-state index contributed by atoms with van der Waals surface area (Å²) in [6.07, 6.45) is 2.67. The summed E-state index contributed by atoms with van der Waals surface area (Å²) in [4.78, 5) is 8.76. The summed E-state index contributed by atoms with van der Waals surface area (Å²) in [5.74, 6) is 0.733. The van der Waals surface area contributed by atoms with Gasteiger partial charge in [0.1, 0.15) is 16.0 Å². The van der Waals surface area contributed by atoms with E-state index in [1.54, 1.807) is 0 Å². The van der Waals surface area contributed by atoms with Gasteiger partial charge < -0.3 is 0 Å². The third-order valence-electron chi connectivity index (χ3n) is 2.87. The Morgan fingerprint density at radius 1 is 1.25 bits per heavy atom. The number of aromatic nitrogens is 5. The fraction of sp³-hybridized carbons (Fsp3) is 0.231. The molecule has 20 heavy (non-hydrogen) atoms. The highest BCUT2D eigenvalue weighted by Gasteiger charge is 2.13. The highest BCUT2D eigenvalue weighted by molar-refractivity contribution is 7.99. The number of nitrogens with zero attached hydrogens (tertiary/aromatic N) is 5. The van der Waals surface area contributed by atoms with Gasteiger partial charge in [-0.2, -0.15) is 0 Å². The van der Waals surface area contributed by atoms with Crippen molar-refractivity contribution < 1.29 is 0 Å². The topological polar surface area (TPSA) is 56.0 Å². The largest absolute Gasteiger partial charge is 0.277 e. The predicted octanol–water partition coefficient (Wildman–Crippen LogP) is 3.19. The minimum atomic E-state index is 0.494. The van der Waals surface area contributed by atoms with Gasteiger partial charge in [-0.3, -0.25) is 4.40 Å². The van der Waals surface area contributed by atoms with Gasteiger partial charge in [-0.05, 0) is 30.8 Å². The van der Waals surface area contributed by atoms with E-state index in [0.29, 0.717) is 5.15 Å². The lowest BCUT2D eigenvalue weighted by Crippen LogP contribution is -1.99. The van der Waals surface area contributed by atoms with Crippen LogP contribution in [0.25, 0.3) is 5.65 Å². The van der Waals surface area contributed by atoms with Gasteiger partial charge in [0.15, 0.2) is 5.65 Å². The average Bonchev–Trinajstić information content (AvgIpc) is 2.87. The molecule has 0 fully saturated rings. The van der Waals surface area contributed by atoms with Crippen LogP contribution in [-0.2, 0) is 6.42 Å². The van der Waals surface area contributed by atoms with Gasteiger partial charge in [-0.1, -0.05) is 24.6 Å². The summed E-state index contributed by atoms with van der Waals surface area (Å²) in [5, 5.41) is 10.4. The van der Waals surface area contributed by atoms with Crippen LogP contribution in [0.15, 0.2) is 34.6 Å². The lowest BCUT2D eigenvalue weighted by Gasteiger charge is -2.06. The number of rotatable bonds is 3. The summed E-state index contributed by atoms with van der Waals surface area (Å²) < 4.78 is 1.92. The first-order valence-corrected chi connectivity index (χ1v) is 7.39. The van der Waals surface area contributed by atoms with Crippen molar-refractivity contribution >= 4 is 29.0 Å². The maximum atomic E-state index is 6.15. The van der Waals surface area contributed by atoms with Crippen molar-refractivity contribution in [1.29, 1.82) is 0 Å². The molecular weight excluding hydrogens is 294 g/mol. The molecule has 3 aromatic rings. The molecule has 5 nitrogen and oxygen atoms in total. The van der Waals surface area contributed by atoms with Gasteiger partial charge in [-0.25, -0.2) is 9.97 Å². The molecule has 0 unspecified atom stereocenters. The van der Waals surface area contributed by atoms with Crippen LogP contribution in [0.2, 0.25) is 5.15 Å². The third-order valence-corrected chi connectivity index (χ3v) is 4.29. The SMILES string of the molecule is CCc1nc(Cl)c(C)c(Sc2nnc3ccccn23)n1. The fourth-order valence-corrected chi connectivity index (χ4v) is 2.90. The molecule has 0 amide bonds. The quantitative estimate of drug-likeness (QED) is 0.696. The van der Waals surface area contributed by atoms with Crippen molar-refractivity contribution in [2.75, 3.05) is 0 Å². The van der Waals surface area contributed by atoms with Gasteiger partial charge >= 0.3 is 0 Å². The minimum Gasteiger partial charge on any atom is -0.277 e. The first-order valence-electron chi connectivity index (χ1n) is 6.19. The molecule has 3 heterocycles. The molecule has 0 spiro atoms. The predicted molar refractivity (Wildman–Crippen MR) is 78.3 cm³/mol. The molecule has 0 saturated carbocycles. The molecule has 102 valence electrons. The molecule has 3 rings (SSSR count). The summed E-state index contributed by atoms with van der Waals surface area (Å²) in [6, 6.07) is 5.78. The number of hydrogen-bond acceptors (Lipinski definition) is 5. The van der Waals surface area contributed by atoms with Gasteiger partial charge in [0, 0.05) is 18.2 Å². The molecule has 3 aromatic heterocycles. The first kappa shape index (κ1) is 13.3. The van der Waals surface area contributed by atoms with E-state index in [9.17, 15) is 0 Å². The summed E-state index contributed by atoms with van der Waals surface area (Å²) >= 11 is 7.60. The minimum absolute atomic E-state index is 0.494. The van der Waals surface area contributed by atoms with E-state index >= 15 is 0 Å². The molecule has 0 saturated heterocycles. The molecule has 0 aliphatic rings. The maximum absolute atomic E-state index is 6.15. The molecule has 0 radical (unpaired) electrons. The Bertz CT molecular complexity index is 771. The lowest BCUT2D eigenvalue weighted by molar-refractivity contribution is 0.861. The Balaban J connectivity index is 2.05. The summed E-state index contributed by atoms with van der Waals surface area (Å²) in [7, 11) is 0. The van der Waals surface area contributed by atoms with Gasteiger partial charge in [-0.15, -0.1) is 10.2 Å². The lowest BCUT2D eigenvalue weighted by atomic mass is 10.3. The molecule has 0 N–H and O–H groups in total. The first-order chi connectivity index (χ1) is 9.69. The Kier molecular flexibility index (Phi) is 3.58. The van der Waals surface area contributed by atoms with Crippen LogP contribution in [0, 0.1) is 6.92 Å². The van der Waals surface area contributed by atoms with Crippen LogP contribution >= 0.6 is 23.4 Å². The molecule has 7 heteroatoms. The second-order valence-corrected chi connectivity index (χ2v) is 5.54. The van der Waals surface area contributed by atoms with E-state index in [1.807, 2.05) is 42.6 Å². The third kappa shape index (κ3) is 2.36. The summed E-state index contributed by atoms with van der Waals surface area (Å²) in [5.41, 5.74) is 1.67. The van der Waals surface area contributed by atoms with Crippen molar-refractivity contribution in [3.63, 3.8) is 0 Å². The maximum Gasteiger partial charge on any atom is 0.201 e. The number of halogens is 1. The Hall–Kier alpha value is -1.66. The fourth-order valence-electron chi connectivity index (χ4n) is 1.74. The van der Waals surface area contributed by atoms with Gasteiger partial charge in [0.2, 0.25) is 5.16 Å². The normalized spacial score (nSPS) is 11.2. The van der Waals surface area contributed by atoms with Gasteiger partial charge in [0.05, 0.1) is 0 Å². The number of aryl methyl sites for hydroxylation is 1. The van der Waals surface area contributed by atoms with Crippen LogP contribution in [0.3, 0.4) is 0 Å². The van der Waals surface area contributed by atoms with Crippen molar-refractivity contribution in [2.45, 2.75) is 30.5 Å². The zero-order valence-electron chi connectivity index (χ0n) is 11.0. The zero-order valence-corrected chi connectivity index (χ0v) is 12.6. The van der Waals surface area contributed by atoms with Crippen LogP contribution < -0.4 is 0 Å². The van der Waals surface area contributed by atoms with Crippen LogP contribution in [0.4, 0.5) is 0 Å². The van der Waals surface area contributed by atoms with Crippen LogP contribution in [0.1, 0.15) is 18.3 Å². The molecule has 0 bridgehead atoms. The Labute approximate surface area is 125 Å². The zero-order chi connectivity index (χ0) is 14.1. The monoisotopic (exact) mass is 305 g/mol. The van der Waals surface area contributed by atoms with Crippen molar-refractivity contribution in [3.8, 4) is 0 Å². The molecular formula is C13H12ClN5S. The van der Waals surface area contributed by atoms with E-state index in [-0.39, 0.29) is 0 Å². The van der Waals surface area contributed by atoms with Crippen molar-refractivity contribution in [3.05, 3.63) is 40.9 Å². The second-order valence-electron chi connectivity index (χ2n) is 4.23. The van der Waals surface area contributed by atoms with E-state index in [4.69, 9.17) is 11.6 Å². The summed E-state index contributed by atoms with van der Waals surface area (Å²) in [6.45, 7) is 3.91. The molecule has 0 aromatic carbocycles. The van der Waals surface area contributed by atoms with E-state index < -0.39 is 0 Å². The smallest absolute Gasteiger partial charge is 0.201 e. The molecule has 0 atom stereocenters. The number of fused-ring (bicyclic) bond motifs is 1. The Morgan fingerprint density at radius 2 is 2.10 bits per heavy atom. The molecule has 0 aliphatic heterocycles. The highest BCUT2D eigenvalue weighted by Crippen LogP contribution is 2.30. The molecule has 0 aliphatic carbocycles. The van der Waals surface area contributed by atoms with Gasteiger partial charge in [0.25, 0.3) is 0 Å². The van der Waals surface area contributed by atoms with E-state index in [0.717, 1.165) is 33.6 Å². The van der Waals surface area contributed by atoms with Crippen LogP contribution in [0.5, 0.6) is 0 Å². The van der Waals surface area contributed by atoms with E-state index in [2.05, 4.69) is 20.2 Å².